The minimum atomic E-state index is -3.89. The third kappa shape index (κ3) is 4.06. The van der Waals surface area contributed by atoms with Crippen LogP contribution in [0.15, 0.2) is 29.2 Å². The van der Waals surface area contributed by atoms with Gasteiger partial charge in [0.15, 0.2) is 0 Å². The molecular weight excluding hydrogens is 262 g/mol. The van der Waals surface area contributed by atoms with E-state index < -0.39 is 15.0 Å². The summed E-state index contributed by atoms with van der Waals surface area (Å²) in [7, 11) is -3.89. The van der Waals surface area contributed by atoms with E-state index in [4.69, 9.17) is 8.92 Å². The molecule has 1 aromatic carbocycles. The molecule has 0 aliphatic carbocycles. The standard InChI is InChI=1S/C10H13NO6S/c1-2-16-7-8-17-18(14,15)10-5-3-9(4-6-10)11(12)13/h3-6H,2,7-8H2,1H3. The lowest BCUT2D eigenvalue weighted by Crippen LogP contribution is -2.11. The third-order valence-electron chi connectivity index (χ3n) is 2.01. The van der Waals surface area contributed by atoms with Crippen molar-refractivity contribution in [2.75, 3.05) is 19.8 Å². The van der Waals surface area contributed by atoms with Gasteiger partial charge in [-0.3, -0.25) is 14.3 Å². The third-order valence-corrected chi connectivity index (χ3v) is 3.33. The fraction of sp³-hybridized carbons (Fsp3) is 0.400. The number of rotatable bonds is 7. The highest BCUT2D eigenvalue weighted by atomic mass is 32.2. The Hall–Kier alpha value is -1.51. The molecule has 0 fully saturated rings. The number of hydrogen-bond donors (Lipinski definition) is 0. The van der Waals surface area contributed by atoms with Gasteiger partial charge in [-0.2, -0.15) is 8.42 Å². The van der Waals surface area contributed by atoms with Crippen molar-refractivity contribution >= 4 is 15.8 Å². The SMILES string of the molecule is CCOCCOS(=O)(=O)c1ccc([N+](=O)[O-])cc1. The average Bonchev–Trinajstić information content (AvgIpc) is 2.35. The maximum Gasteiger partial charge on any atom is 0.297 e. The molecule has 8 heteroatoms. The van der Waals surface area contributed by atoms with E-state index in [1.54, 1.807) is 6.92 Å². The first-order valence-electron chi connectivity index (χ1n) is 5.19. The minimum absolute atomic E-state index is 0.0901. The number of ether oxygens (including phenoxy) is 1. The van der Waals surface area contributed by atoms with Crippen molar-refractivity contribution in [2.24, 2.45) is 0 Å². The minimum Gasteiger partial charge on any atom is -0.379 e. The molecule has 1 aromatic rings. The second kappa shape index (κ2) is 6.43. The van der Waals surface area contributed by atoms with Crippen LogP contribution in [0.4, 0.5) is 5.69 Å². The normalized spacial score (nSPS) is 11.4. The summed E-state index contributed by atoms with van der Waals surface area (Å²) >= 11 is 0. The highest BCUT2D eigenvalue weighted by molar-refractivity contribution is 7.86. The van der Waals surface area contributed by atoms with Gasteiger partial charge < -0.3 is 4.74 Å². The van der Waals surface area contributed by atoms with Gasteiger partial charge in [0.25, 0.3) is 15.8 Å². The predicted molar refractivity (Wildman–Crippen MR) is 62.7 cm³/mol. The van der Waals surface area contributed by atoms with E-state index in [1.807, 2.05) is 0 Å². The molecule has 100 valence electrons. The first-order chi connectivity index (χ1) is 8.47. The van der Waals surface area contributed by atoms with E-state index in [1.165, 1.54) is 0 Å². The van der Waals surface area contributed by atoms with Crippen LogP contribution in [-0.4, -0.2) is 33.2 Å². The van der Waals surface area contributed by atoms with Crippen LogP contribution in [0.3, 0.4) is 0 Å². The first kappa shape index (κ1) is 14.6. The zero-order valence-electron chi connectivity index (χ0n) is 9.74. The second-order valence-corrected chi connectivity index (χ2v) is 4.84. The Morgan fingerprint density at radius 3 is 2.33 bits per heavy atom. The molecule has 0 atom stereocenters. The largest absolute Gasteiger partial charge is 0.379 e. The maximum atomic E-state index is 11.6. The molecule has 0 bridgehead atoms. The van der Waals surface area contributed by atoms with E-state index >= 15 is 0 Å². The zero-order valence-corrected chi connectivity index (χ0v) is 10.6. The molecule has 0 aliphatic rings. The molecule has 0 radical (unpaired) electrons. The fourth-order valence-electron chi connectivity index (χ4n) is 1.15. The molecule has 18 heavy (non-hydrogen) atoms. The maximum absolute atomic E-state index is 11.6. The van der Waals surface area contributed by atoms with Gasteiger partial charge in [0.2, 0.25) is 0 Å². The van der Waals surface area contributed by atoms with Gasteiger partial charge in [0.05, 0.1) is 23.0 Å². The summed E-state index contributed by atoms with van der Waals surface area (Å²) < 4.78 is 32.9. The van der Waals surface area contributed by atoms with Crippen LogP contribution in [0, 0.1) is 10.1 Å². The predicted octanol–water partition coefficient (Wildman–Crippen LogP) is 1.34. The summed E-state index contributed by atoms with van der Waals surface area (Å²) in [5.74, 6) is 0. The molecule has 0 amide bonds. The van der Waals surface area contributed by atoms with Gasteiger partial charge in [-0.25, -0.2) is 0 Å². The van der Waals surface area contributed by atoms with Crippen molar-refractivity contribution in [2.45, 2.75) is 11.8 Å². The number of non-ortho nitro benzene ring substituents is 1. The van der Waals surface area contributed by atoms with Gasteiger partial charge >= 0.3 is 0 Å². The van der Waals surface area contributed by atoms with Crippen LogP contribution in [0.2, 0.25) is 0 Å². The summed E-state index contributed by atoms with van der Waals surface area (Å²) in [5, 5.41) is 10.4. The van der Waals surface area contributed by atoms with Gasteiger partial charge in [-0.05, 0) is 19.1 Å². The van der Waals surface area contributed by atoms with Crippen LogP contribution in [0.1, 0.15) is 6.92 Å². The van der Waals surface area contributed by atoms with E-state index in [0.29, 0.717) is 6.61 Å². The molecule has 0 aliphatic heterocycles. The molecule has 7 nitrogen and oxygen atoms in total. The van der Waals surface area contributed by atoms with Gasteiger partial charge in [-0.15, -0.1) is 0 Å². The summed E-state index contributed by atoms with van der Waals surface area (Å²) in [6.45, 7) is 2.33. The molecule has 0 saturated carbocycles. The van der Waals surface area contributed by atoms with Crippen molar-refractivity contribution in [1.29, 1.82) is 0 Å². The Morgan fingerprint density at radius 1 is 1.22 bits per heavy atom. The Balaban J connectivity index is 2.70. The lowest BCUT2D eigenvalue weighted by Gasteiger charge is -2.05. The molecule has 0 spiro atoms. The summed E-state index contributed by atoms with van der Waals surface area (Å²) in [5.41, 5.74) is -0.178. The van der Waals surface area contributed by atoms with E-state index in [-0.39, 0.29) is 23.8 Å². The number of nitrogens with zero attached hydrogens (tertiary/aromatic N) is 1. The van der Waals surface area contributed by atoms with E-state index in [0.717, 1.165) is 24.3 Å². The number of benzene rings is 1. The summed E-state index contributed by atoms with van der Waals surface area (Å²) in [6.07, 6.45) is 0. The number of hydrogen-bond acceptors (Lipinski definition) is 6. The Bertz CT molecular complexity index is 496. The Kier molecular flexibility index (Phi) is 5.20. The highest BCUT2D eigenvalue weighted by Gasteiger charge is 2.16. The monoisotopic (exact) mass is 275 g/mol. The smallest absolute Gasteiger partial charge is 0.297 e. The summed E-state index contributed by atoms with van der Waals surface area (Å²) in [6, 6.07) is 4.49. The first-order valence-corrected chi connectivity index (χ1v) is 6.60. The van der Waals surface area contributed by atoms with Crippen LogP contribution in [0.25, 0.3) is 0 Å². The van der Waals surface area contributed by atoms with Gasteiger partial charge in [0.1, 0.15) is 0 Å². The van der Waals surface area contributed by atoms with Crippen LogP contribution in [-0.2, 0) is 19.0 Å². The Morgan fingerprint density at radius 2 is 1.83 bits per heavy atom. The van der Waals surface area contributed by atoms with Crippen molar-refractivity contribution < 1.29 is 22.3 Å². The molecule has 0 N–H and O–H groups in total. The number of nitro benzene ring substituents is 1. The lowest BCUT2D eigenvalue weighted by molar-refractivity contribution is -0.384. The second-order valence-electron chi connectivity index (χ2n) is 3.22. The van der Waals surface area contributed by atoms with Crippen molar-refractivity contribution in [3.63, 3.8) is 0 Å². The van der Waals surface area contributed by atoms with E-state index in [9.17, 15) is 18.5 Å². The lowest BCUT2D eigenvalue weighted by atomic mass is 10.3. The fourth-order valence-corrected chi connectivity index (χ4v) is 2.04. The molecule has 0 heterocycles. The topological polar surface area (TPSA) is 95.7 Å². The van der Waals surface area contributed by atoms with Crippen molar-refractivity contribution in [3.8, 4) is 0 Å². The van der Waals surface area contributed by atoms with Crippen molar-refractivity contribution in [3.05, 3.63) is 34.4 Å². The highest BCUT2D eigenvalue weighted by Crippen LogP contribution is 2.17. The molecule has 0 unspecified atom stereocenters. The van der Waals surface area contributed by atoms with Crippen LogP contribution in [0.5, 0.6) is 0 Å². The van der Waals surface area contributed by atoms with Gasteiger partial charge in [-0.1, -0.05) is 0 Å². The molecule has 1 rings (SSSR count). The zero-order chi connectivity index (χ0) is 13.6. The molecule has 0 saturated heterocycles. The van der Waals surface area contributed by atoms with E-state index in [2.05, 4.69) is 0 Å². The van der Waals surface area contributed by atoms with Crippen LogP contribution < -0.4 is 0 Å². The molecule has 0 aromatic heterocycles. The quantitative estimate of drug-likeness (QED) is 0.322. The number of nitro groups is 1. The summed E-state index contributed by atoms with van der Waals surface area (Å²) in [4.78, 5) is 9.69. The van der Waals surface area contributed by atoms with Crippen LogP contribution >= 0.6 is 0 Å². The van der Waals surface area contributed by atoms with Crippen molar-refractivity contribution in [1.82, 2.24) is 0 Å². The molecular formula is C10H13NO6S. The average molecular weight is 275 g/mol. The van der Waals surface area contributed by atoms with Gasteiger partial charge in [0, 0.05) is 18.7 Å². The Labute approximate surface area is 105 Å².